The van der Waals surface area contributed by atoms with Crippen molar-refractivity contribution in [2.45, 2.75) is 24.5 Å². The Labute approximate surface area is 214 Å². The molecule has 0 aliphatic carbocycles. The zero-order valence-corrected chi connectivity index (χ0v) is 19.8. The van der Waals surface area contributed by atoms with Gasteiger partial charge >= 0.3 is 6.01 Å². The molecule has 0 unspecified atom stereocenters. The number of rotatable bonds is 7. The maximum absolute atomic E-state index is 12.4. The number of carbonyl (C=O) groups is 1. The molecular weight excluding hydrogens is 494 g/mol. The van der Waals surface area contributed by atoms with Crippen molar-refractivity contribution in [3.63, 3.8) is 0 Å². The zero-order valence-electron chi connectivity index (χ0n) is 19.8. The molecule has 2 aromatic carbocycles. The van der Waals surface area contributed by atoms with Crippen LogP contribution in [-0.2, 0) is 9.53 Å². The third-order valence-corrected chi connectivity index (χ3v) is 6.32. The van der Waals surface area contributed by atoms with Gasteiger partial charge in [0.1, 0.15) is 30.2 Å². The van der Waals surface area contributed by atoms with E-state index in [1.807, 2.05) is 42.5 Å². The number of hydrogen-bond acceptors (Lipinski definition) is 12. The molecule has 5 aromatic rings. The van der Waals surface area contributed by atoms with Gasteiger partial charge in [-0.05, 0) is 16.8 Å². The fourth-order valence-electron chi connectivity index (χ4n) is 4.47. The Bertz CT molecular complexity index is 1610. The van der Waals surface area contributed by atoms with Gasteiger partial charge < -0.3 is 30.4 Å². The molecule has 0 spiro atoms. The molecule has 0 bridgehead atoms. The van der Waals surface area contributed by atoms with E-state index in [2.05, 4.69) is 35.8 Å². The van der Waals surface area contributed by atoms with Gasteiger partial charge in [0.25, 0.3) is 0 Å². The third-order valence-electron chi connectivity index (χ3n) is 6.32. The fourth-order valence-corrected chi connectivity index (χ4v) is 4.47. The number of nitrogens with zero attached hydrogens (tertiary/aromatic N) is 6. The number of nitrogens with one attached hydrogen (secondary N) is 2. The molecule has 4 atom stereocenters. The molecule has 4 heterocycles. The standard InChI is InChI=1S/C24H23N9O5/c25-20-17-21(28-10-27-20)33(11-29-17)23-19(36)18(35)15(37-23)8-26-9-16(34)30-24-32-31-22(38-24)14-7-3-5-12-4-1-2-6-13(12)14/h1-7,10-11,15,18-19,23,26,35-36H,8-9H2,(H2,25,27,28)(H,30,32,34)/t15-,18-,19-,23-/m1/s1. The van der Waals surface area contributed by atoms with Crippen molar-refractivity contribution >= 4 is 39.7 Å². The summed E-state index contributed by atoms with van der Waals surface area (Å²) in [6, 6.07) is 13.5. The number of amides is 1. The van der Waals surface area contributed by atoms with Gasteiger partial charge in [0.2, 0.25) is 11.8 Å². The molecule has 0 radical (unpaired) electrons. The van der Waals surface area contributed by atoms with E-state index in [-0.39, 0.29) is 30.8 Å². The van der Waals surface area contributed by atoms with E-state index in [4.69, 9.17) is 14.9 Å². The molecule has 1 amide bonds. The van der Waals surface area contributed by atoms with Gasteiger partial charge in [-0.2, -0.15) is 0 Å². The molecule has 6 rings (SSSR count). The normalized spacial score (nSPS) is 21.3. The maximum Gasteiger partial charge on any atom is 0.322 e. The number of anilines is 2. The Balaban J connectivity index is 1.05. The lowest BCUT2D eigenvalue weighted by Crippen LogP contribution is -2.40. The van der Waals surface area contributed by atoms with Gasteiger partial charge in [-0.25, -0.2) is 15.0 Å². The molecule has 38 heavy (non-hydrogen) atoms. The van der Waals surface area contributed by atoms with E-state index in [0.717, 1.165) is 16.3 Å². The van der Waals surface area contributed by atoms with Crippen molar-refractivity contribution in [1.82, 2.24) is 35.0 Å². The van der Waals surface area contributed by atoms with Crippen LogP contribution in [0.1, 0.15) is 6.23 Å². The van der Waals surface area contributed by atoms with Crippen molar-refractivity contribution in [1.29, 1.82) is 0 Å². The van der Waals surface area contributed by atoms with Crippen LogP contribution in [-0.4, -0.2) is 77.2 Å². The van der Waals surface area contributed by atoms with Gasteiger partial charge in [0.15, 0.2) is 17.7 Å². The average Bonchev–Trinajstić information content (AvgIpc) is 3.63. The number of nitrogens with two attached hydrogens (primary N) is 1. The predicted molar refractivity (Wildman–Crippen MR) is 134 cm³/mol. The summed E-state index contributed by atoms with van der Waals surface area (Å²) in [5, 5.41) is 36.5. The SMILES string of the molecule is Nc1ncnc2c1ncn2[C@@H]1O[C@H](CNCC(=O)Nc2nnc(-c3cccc4ccccc34)o2)[C@@H](O)[C@H]1O. The van der Waals surface area contributed by atoms with Gasteiger partial charge in [-0.1, -0.05) is 41.5 Å². The van der Waals surface area contributed by atoms with Crippen LogP contribution in [0.15, 0.2) is 59.5 Å². The van der Waals surface area contributed by atoms with Crippen molar-refractivity contribution in [3.05, 3.63) is 55.1 Å². The second-order valence-electron chi connectivity index (χ2n) is 8.75. The number of nitrogen functional groups attached to an aromatic ring is 1. The Morgan fingerprint density at radius 1 is 1.05 bits per heavy atom. The van der Waals surface area contributed by atoms with E-state index >= 15 is 0 Å². The Kier molecular flexibility index (Phi) is 6.13. The van der Waals surface area contributed by atoms with Crippen molar-refractivity contribution in [2.75, 3.05) is 24.1 Å². The first-order valence-electron chi connectivity index (χ1n) is 11.8. The monoisotopic (exact) mass is 517 g/mol. The maximum atomic E-state index is 12.4. The van der Waals surface area contributed by atoms with Crippen molar-refractivity contribution in [2.24, 2.45) is 0 Å². The summed E-state index contributed by atoms with van der Waals surface area (Å²) in [5.41, 5.74) is 7.30. The first-order valence-corrected chi connectivity index (χ1v) is 11.8. The summed E-state index contributed by atoms with van der Waals surface area (Å²) < 4.78 is 13.0. The zero-order chi connectivity index (χ0) is 26.2. The smallest absolute Gasteiger partial charge is 0.322 e. The minimum atomic E-state index is -1.25. The molecule has 1 aliphatic heterocycles. The van der Waals surface area contributed by atoms with Crippen LogP contribution in [0.25, 0.3) is 33.4 Å². The summed E-state index contributed by atoms with van der Waals surface area (Å²) in [4.78, 5) is 24.6. The molecule has 3 aromatic heterocycles. The van der Waals surface area contributed by atoms with E-state index in [1.165, 1.54) is 17.2 Å². The number of aromatic nitrogens is 6. The third kappa shape index (κ3) is 4.31. The number of aliphatic hydroxyl groups excluding tert-OH is 2. The molecule has 6 N–H and O–H groups in total. The van der Waals surface area contributed by atoms with Gasteiger partial charge in [-0.15, -0.1) is 5.10 Å². The molecule has 14 heteroatoms. The molecule has 1 fully saturated rings. The number of ether oxygens (including phenoxy) is 1. The van der Waals surface area contributed by atoms with Crippen LogP contribution in [0.3, 0.4) is 0 Å². The average molecular weight is 518 g/mol. The fraction of sp³-hybridized carbons (Fsp3) is 0.250. The summed E-state index contributed by atoms with van der Waals surface area (Å²) in [6.07, 6.45) is -1.53. The Hall–Kier alpha value is -4.50. The minimum absolute atomic E-state index is 0.0411. The van der Waals surface area contributed by atoms with Crippen LogP contribution in [0.2, 0.25) is 0 Å². The number of hydrogen-bond donors (Lipinski definition) is 5. The summed E-state index contributed by atoms with van der Waals surface area (Å²) >= 11 is 0. The highest BCUT2D eigenvalue weighted by Gasteiger charge is 2.44. The first-order chi connectivity index (χ1) is 18.5. The highest BCUT2D eigenvalue weighted by molar-refractivity contribution is 5.95. The number of aliphatic hydroxyl groups is 2. The van der Waals surface area contributed by atoms with Gasteiger partial charge in [0.05, 0.1) is 12.9 Å². The Morgan fingerprint density at radius 2 is 1.89 bits per heavy atom. The molecule has 1 aliphatic rings. The summed E-state index contributed by atoms with van der Waals surface area (Å²) in [6.45, 7) is -0.0475. The van der Waals surface area contributed by atoms with Gasteiger partial charge in [-0.3, -0.25) is 14.7 Å². The highest BCUT2D eigenvalue weighted by atomic mass is 16.6. The molecule has 0 saturated carbocycles. The molecule has 194 valence electrons. The van der Waals surface area contributed by atoms with E-state index < -0.39 is 30.4 Å². The van der Waals surface area contributed by atoms with Crippen molar-refractivity contribution in [3.8, 4) is 11.5 Å². The largest absolute Gasteiger partial charge is 0.403 e. The lowest BCUT2D eigenvalue weighted by atomic mass is 10.0. The van der Waals surface area contributed by atoms with Crippen LogP contribution >= 0.6 is 0 Å². The van der Waals surface area contributed by atoms with E-state index in [0.29, 0.717) is 11.2 Å². The lowest BCUT2D eigenvalue weighted by Gasteiger charge is -2.16. The number of benzene rings is 2. The van der Waals surface area contributed by atoms with Crippen LogP contribution in [0, 0.1) is 0 Å². The van der Waals surface area contributed by atoms with Crippen molar-refractivity contribution < 1.29 is 24.2 Å². The predicted octanol–water partition coefficient (Wildman–Crippen LogP) is 0.459. The quantitative estimate of drug-likeness (QED) is 0.200. The second-order valence-corrected chi connectivity index (χ2v) is 8.75. The molecule has 14 nitrogen and oxygen atoms in total. The number of fused-ring (bicyclic) bond motifs is 2. The van der Waals surface area contributed by atoms with E-state index in [9.17, 15) is 15.0 Å². The highest BCUT2D eigenvalue weighted by Crippen LogP contribution is 2.32. The summed E-state index contributed by atoms with van der Waals surface area (Å²) in [7, 11) is 0. The minimum Gasteiger partial charge on any atom is -0.403 e. The van der Waals surface area contributed by atoms with Crippen LogP contribution < -0.4 is 16.4 Å². The van der Waals surface area contributed by atoms with E-state index in [1.54, 1.807) is 0 Å². The first kappa shape index (κ1) is 23.9. The summed E-state index contributed by atoms with van der Waals surface area (Å²) in [5.74, 6) is 0.0404. The lowest BCUT2D eigenvalue weighted by molar-refractivity contribution is -0.115. The Morgan fingerprint density at radius 3 is 2.79 bits per heavy atom. The molecule has 1 saturated heterocycles. The number of imidazole rings is 1. The van der Waals surface area contributed by atoms with Crippen LogP contribution in [0.4, 0.5) is 11.8 Å². The van der Waals surface area contributed by atoms with Crippen LogP contribution in [0.5, 0.6) is 0 Å². The van der Waals surface area contributed by atoms with Gasteiger partial charge in [0, 0.05) is 12.1 Å². The second kappa shape index (κ2) is 9.75. The topological polar surface area (TPSA) is 199 Å². The number of carbonyl (C=O) groups excluding carboxylic acids is 1. The molecular formula is C24H23N9O5.